The Hall–Kier alpha value is -3.43. The molecule has 5 rings (SSSR count). The molecule has 1 spiro atoms. The minimum absolute atomic E-state index is 0.610. The summed E-state index contributed by atoms with van der Waals surface area (Å²) < 4.78 is 25.7. The van der Waals surface area contributed by atoms with Gasteiger partial charge in [0.25, 0.3) is 17.8 Å². The number of imidazole rings is 1. The number of carbonyl (C=O) groups is 2. The van der Waals surface area contributed by atoms with E-state index >= 15 is 0 Å². The Bertz CT molecular complexity index is 1040. The molecule has 0 saturated carbocycles. The average Bonchev–Trinajstić information content (AvgIpc) is 3.43. The first-order chi connectivity index (χ1) is 15.4. The SMILES string of the molecule is CCn1cc[n+](C)c1C.O=C1O[B-]2(OC(=O)C(c3ccccc3)O2)OC1c1ccccc1. The molecular weight excluding hydrogens is 411 g/mol. The van der Waals surface area contributed by atoms with E-state index < -0.39 is 31.1 Å². The third-order valence-corrected chi connectivity index (χ3v) is 5.50. The summed E-state index contributed by atoms with van der Waals surface area (Å²) in [4.78, 5) is 24.2. The van der Waals surface area contributed by atoms with Crippen molar-refractivity contribution >= 4 is 18.9 Å². The molecule has 2 unspecified atom stereocenters. The topological polar surface area (TPSA) is 79.9 Å². The van der Waals surface area contributed by atoms with Gasteiger partial charge in [-0.25, -0.2) is 9.13 Å². The highest BCUT2D eigenvalue weighted by Gasteiger charge is 2.57. The van der Waals surface area contributed by atoms with E-state index in [0.29, 0.717) is 11.1 Å². The van der Waals surface area contributed by atoms with Gasteiger partial charge in [0.2, 0.25) is 0 Å². The van der Waals surface area contributed by atoms with Crippen molar-refractivity contribution in [3.63, 3.8) is 0 Å². The van der Waals surface area contributed by atoms with Gasteiger partial charge in [-0.3, -0.25) is 9.59 Å². The average molecular weight is 436 g/mol. The lowest BCUT2D eigenvalue weighted by molar-refractivity contribution is -0.677. The Morgan fingerprint density at radius 3 is 1.69 bits per heavy atom. The van der Waals surface area contributed by atoms with E-state index in [1.54, 1.807) is 48.5 Å². The summed E-state index contributed by atoms with van der Waals surface area (Å²) in [7, 11) is 2.06. The molecule has 2 fully saturated rings. The lowest BCUT2D eigenvalue weighted by Gasteiger charge is -2.26. The van der Waals surface area contributed by atoms with E-state index in [-0.39, 0.29) is 0 Å². The maximum Gasteiger partial charge on any atom is 0.657 e. The molecule has 0 radical (unpaired) electrons. The largest absolute Gasteiger partial charge is 0.657 e. The van der Waals surface area contributed by atoms with E-state index in [0.717, 1.165) is 6.54 Å². The van der Waals surface area contributed by atoms with Gasteiger partial charge < -0.3 is 18.6 Å². The van der Waals surface area contributed by atoms with Gasteiger partial charge in [0.1, 0.15) is 24.6 Å². The van der Waals surface area contributed by atoms with Gasteiger partial charge >= 0.3 is 6.96 Å². The zero-order chi connectivity index (χ0) is 22.7. The maximum absolute atomic E-state index is 12.1. The number of carbonyl (C=O) groups excluding carboxylic acids is 2. The van der Waals surface area contributed by atoms with Crippen LogP contribution in [0.3, 0.4) is 0 Å². The summed E-state index contributed by atoms with van der Waals surface area (Å²) in [6, 6.07) is 17.7. The van der Waals surface area contributed by atoms with Gasteiger partial charge in [-0.1, -0.05) is 60.7 Å². The first-order valence-electron chi connectivity index (χ1n) is 10.5. The molecule has 2 aliphatic heterocycles. The molecule has 3 heterocycles. The van der Waals surface area contributed by atoms with Gasteiger partial charge in [0.15, 0.2) is 0 Å². The highest BCUT2D eigenvalue weighted by molar-refractivity contribution is 6.61. The molecule has 0 amide bonds. The van der Waals surface area contributed by atoms with Crippen molar-refractivity contribution in [1.82, 2.24) is 4.57 Å². The van der Waals surface area contributed by atoms with E-state index in [2.05, 4.69) is 42.4 Å². The third kappa shape index (κ3) is 4.30. The van der Waals surface area contributed by atoms with E-state index in [1.807, 2.05) is 12.1 Å². The van der Waals surface area contributed by atoms with Crippen molar-refractivity contribution < 1.29 is 32.8 Å². The smallest absolute Gasteiger partial charge is 0.606 e. The fraction of sp³-hybridized carbons (Fsp3) is 0.261. The number of aryl methyl sites for hydroxylation is 2. The Kier molecular flexibility index (Phi) is 6.11. The number of hydrogen-bond acceptors (Lipinski definition) is 6. The van der Waals surface area contributed by atoms with Crippen molar-refractivity contribution in [1.29, 1.82) is 0 Å². The molecular formula is C23H25BN2O6. The molecule has 1 aromatic heterocycles. The van der Waals surface area contributed by atoms with Gasteiger partial charge in [-0.2, -0.15) is 0 Å². The molecule has 0 bridgehead atoms. The summed E-state index contributed by atoms with van der Waals surface area (Å²) in [6.45, 7) is 2.46. The highest BCUT2D eigenvalue weighted by Crippen LogP contribution is 2.41. The van der Waals surface area contributed by atoms with Crippen LogP contribution in [0.4, 0.5) is 0 Å². The zero-order valence-corrected chi connectivity index (χ0v) is 18.2. The summed E-state index contributed by atoms with van der Waals surface area (Å²) in [5.41, 5.74) is 1.22. The molecule has 2 saturated heterocycles. The Labute approximate surface area is 186 Å². The summed E-state index contributed by atoms with van der Waals surface area (Å²) >= 11 is 0. The molecule has 8 nitrogen and oxygen atoms in total. The fourth-order valence-corrected chi connectivity index (χ4v) is 3.64. The van der Waals surface area contributed by atoms with Gasteiger partial charge in [-0.05, 0) is 18.1 Å². The molecule has 166 valence electrons. The predicted octanol–water partition coefficient (Wildman–Crippen LogP) is 2.69. The number of nitrogens with zero attached hydrogens (tertiary/aromatic N) is 2. The predicted molar refractivity (Wildman–Crippen MR) is 114 cm³/mol. The Morgan fingerprint density at radius 2 is 1.34 bits per heavy atom. The highest BCUT2D eigenvalue weighted by atomic mass is 16.9. The van der Waals surface area contributed by atoms with Gasteiger partial charge in [0.05, 0.1) is 13.6 Å². The normalized spacial score (nSPS) is 24.1. The van der Waals surface area contributed by atoms with E-state index in [4.69, 9.17) is 18.6 Å². The van der Waals surface area contributed by atoms with Crippen LogP contribution in [-0.4, -0.2) is 23.5 Å². The van der Waals surface area contributed by atoms with Crippen LogP contribution < -0.4 is 4.57 Å². The zero-order valence-electron chi connectivity index (χ0n) is 18.2. The lowest BCUT2D eigenvalue weighted by atomic mass is 10.1. The van der Waals surface area contributed by atoms with Crippen molar-refractivity contribution in [2.24, 2.45) is 7.05 Å². The summed E-state index contributed by atoms with van der Waals surface area (Å²) in [5.74, 6) is 0.0212. The van der Waals surface area contributed by atoms with E-state index in [9.17, 15) is 9.59 Å². The minimum atomic E-state index is -2.87. The van der Waals surface area contributed by atoms with Crippen LogP contribution in [-0.2, 0) is 41.8 Å². The molecule has 2 aliphatic rings. The molecule has 9 heteroatoms. The maximum atomic E-state index is 12.1. The molecule has 0 N–H and O–H groups in total. The first kappa shape index (κ1) is 21.8. The Balaban J connectivity index is 0.000000230. The van der Waals surface area contributed by atoms with Crippen LogP contribution in [0.1, 0.15) is 36.1 Å². The lowest BCUT2D eigenvalue weighted by Crippen LogP contribution is -2.39. The standard InChI is InChI=1S/C16H12BO6.C7H13N2/c18-15-13(11-7-3-1-4-8-11)20-17(22-15)21-14(16(19)23-17)12-9-5-2-6-10-12;1-4-9-6-5-8(3)7(9)2/h1-10,13-14H;5-6H,4H2,1-3H3/q-1;+1. The third-order valence-electron chi connectivity index (χ3n) is 5.50. The second kappa shape index (κ2) is 8.98. The second-order valence-corrected chi connectivity index (χ2v) is 7.55. The molecule has 2 atom stereocenters. The Morgan fingerprint density at radius 1 is 0.875 bits per heavy atom. The molecule has 32 heavy (non-hydrogen) atoms. The van der Waals surface area contributed by atoms with Gasteiger partial charge in [0, 0.05) is 6.92 Å². The summed E-state index contributed by atoms with van der Waals surface area (Å²) in [6.07, 6.45) is 2.21. The van der Waals surface area contributed by atoms with Crippen LogP contribution in [0.15, 0.2) is 73.1 Å². The van der Waals surface area contributed by atoms with Crippen LogP contribution in [0, 0.1) is 6.92 Å². The number of aromatic nitrogens is 2. The van der Waals surface area contributed by atoms with Crippen molar-refractivity contribution in [3.05, 3.63) is 90.0 Å². The summed E-state index contributed by atoms with van der Waals surface area (Å²) in [5, 5.41) is 0. The second-order valence-electron chi connectivity index (χ2n) is 7.55. The first-order valence-corrected chi connectivity index (χ1v) is 10.5. The molecule has 0 aliphatic carbocycles. The molecule has 2 aromatic carbocycles. The number of rotatable bonds is 3. The van der Waals surface area contributed by atoms with Gasteiger partial charge in [-0.15, -0.1) is 0 Å². The van der Waals surface area contributed by atoms with E-state index in [1.165, 1.54) is 5.82 Å². The monoisotopic (exact) mass is 436 g/mol. The van der Waals surface area contributed by atoms with Crippen LogP contribution in [0.5, 0.6) is 0 Å². The van der Waals surface area contributed by atoms with Crippen LogP contribution in [0.25, 0.3) is 0 Å². The number of hydrogen-bond donors (Lipinski definition) is 0. The minimum Gasteiger partial charge on any atom is -0.606 e. The van der Waals surface area contributed by atoms with Crippen molar-refractivity contribution in [3.8, 4) is 0 Å². The van der Waals surface area contributed by atoms with Crippen molar-refractivity contribution in [2.45, 2.75) is 32.6 Å². The van der Waals surface area contributed by atoms with Crippen LogP contribution in [0.2, 0.25) is 0 Å². The quantitative estimate of drug-likeness (QED) is 0.464. The number of benzene rings is 2. The molecule has 3 aromatic rings. The fourth-order valence-electron chi connectivity index (χ4n) is 3.64. The van der Waals surface area contributed by atoms with Crippen LogP contribution >= 0.6 is 0 Å². The van der Waals surface area contributed by atoms with Crippen molar-refractivity contribution in [2.75, 3.05) is 0 Å².